The summed E-state index contributed by atoms with van der Waals surface area (Å²) in [4.78, 5) is 10.2. The van der Waals surface area contributed by atoms with Crippen LogP contribution in [-0.2, 0) is 9.09 Å². The molecule has 0 heterocycles. The Hall–Kier alpha value is 1.15. The van der Waals surface area contributed by atoms with Crippen LogP contribution in [0.5, 0.6) is 0 Å². The van der Waals surface area contributed by atoms with Gasteiger partial charge in [0.1, 0.15) is 7.60 Å². The third-order valence-electron chi connectivity index (χ3n) is 0.665. The van der Waals surface area contributed by atoms with Crippen LogP contribution in [0.4, 0.5) is 0 Å². The molecule has 0 aromatic rings. The van der Waals surface area contributed by atoms with Gasteiger partial charge in [-0.05, 0) is 0 Å². The predicted molar refractivity (Wildman–Crippen MR) is 25.2 cm³/mol. The van der Waals surface area contributed by atoms with Crippen molar-refractivity contribution in [3.05, 3.63) is 0 Å². The van der Waals surface area contributed by atoms with Crippen molar-refractivity contribution in [1.29, 1.82) is 0 Å². The van der Waals surface area contributed by atoms with Crippen LogP contribution in [0, 0.1) is 0 Å². The maximum Gasteiger partial charge on any atom is 1.00 e. The van der Waals surface area contributed by atoms with E-state index in [0.717, 1.165) is 7.11 Å². The number of rotatable bonds is 2. The average Bonchev–Trinajstić information content (AvgIpc) is 1.68. The van der Waals surface area contributed by atoms with E-state index in [4.69, 9.17) is 0 Å². The molecule has 0 N–H and O–H groups in total. The maximum atomic E-state index is 10.2. The zero-order chi connectivity index (χ0) is 5.91. The molecule has 0 aliphatic rings. The van der Waals surface area contributed by atoms with E-state index in [1.165, 1.54) is 6.92 Å². The molecule has 0 fully saturated rings. The van der Waals surface area contributed by atoms with Gasteiger partial charge in [0.05, 0.1) is 0 Å². The van der Waals surface area contributed by atoms with Crippen LogP contribution in [0.2, 0.25) is 0 Å². The third-order valence-corrected chi connectivity index (χ3v) is 2.00. The summed E-state index contributed by atoms with van der Waals surface area (Å²) in [6, 6.07) is 0. The molecule has 0 aliphatic carbocycles. The summed E-state index contributed by atoms with van der Waals surface area (Å²) in [6.07, 6.45) is 0.0729. The first-order valence-corrected chi connectivity index (χ1v) is 3.71. The van der Waals surface area contributed by atoms with Gasteiger partial charge in [-0.2, -0.15) is 0 Å². The largest absolute Gasteiger partial charge is 1.00 e. The van der Waals surface area contributed by atoms with E-state index in [0.29, 0.717) is 0 Å². The van der Waals surface area contributed by atoms with Crippen LogP contribution >= 0.6 is 7.60 Å². The van der Waals surface area contributed by atoms with Gasteiger partial charge < -0.3 is 14.0 Å². The van der Waals surface area contributed by atoms with E-state index in [9.17, 15) is 9.46 Å². The van der Waals surface area contributed by atoms with Crippen LogP contribution in [-0.4, -0.2) is 13.3 Å². The van der Waals surface area contributed by atoms with Gasteiger partial charge in [-0.25, -0.2) is 0 Å². The average molecular weight is 146 g/mol. The van der Waals surface area contributed by atoms with Crippen molar-refractivity contribution in [3.8, 4) is 0 Å². The van der Waals surface area contributed by atoms with E-state index in [1.54, 1.807) is 0 Å². The first-order chi connectivity index (χ1) is 3.12. The van der Waals surface area contributed by atoms with Gasteiger partial charge >= 0.3 is 29.6 Å². The smallest absolute Gasteiger partial charge is 0.779 e. The monoisotopic (exact) mass is 146 g/mol. The Balaban J connectivity index is 0. The maximum absolute atomic E-state index is 10.2. The predicted octanol–water partition coefficient (Wildman–Crippen LogP) is -2.79. The van der Waals surface area contributed by atoms with E-state index in [-0.39, 0.29) is 35.7 Å². The summed E-state index contributed by atoms with van der Waals surface area (Å²) in [7, 11) is -2.24. The van der Waals surface area contributed by atoms with Crippen molar-refractivity contribution in [2.45, 2.75) is 6.92 Å². The number of hydrogen-bond donors (Lipinski definition) is 0. The van der Waals surface area contributed by atoms with Crippen LogP contribution < -0.4 is 34.5 Å². The Kier molecular flexibility index (Phi) is 7.40. The van der Waals surface area contributed by atoms with Crippen molar-refractivity contribution >= 4 is 7.60 Å². The fourth-order valence-corrected chi connectivity index (χ4v) is 0.387. The summed E-state index contributed by atoms with van der Waals surface area (Å²) >= 11 is 0. The molecule has 0 saturated carbocycles. The van der Waals surface area contributed by atoms with E-state index >= 15 is 0 Å². The summed E-state index contributed by atoms with van der Waals surface area (Å²) in [5.41, 5.74) is 0. The molecule has 0 aliphatic heterocycles. The van der Waals surface area contributed by atoms with Crippen LogP contribution in [0.3, 0.4) is 0 Å². The first-order valence-electron chi connectivity index (χ1n) is 1.98. The standard InChI is InChI=1S/C3H9O3P.Na/c1-3-7(4,5)6-2;/h3H2,1-2H3,(H,4,5);/q;+1/p-1. The van der Waals surface area contributed by atoms with Gasteiger partial charge in [0.25, 0.3) is 0 Å². The molecule has 0 aromatic heterocycles. The molecule has 1 atom stereocenters. The van der Waals surface area contributed by atoms with Crippen LogP contribution in [0.1, 0.15) is 6.92 Å². The molecular formula is C3H8NaO3P. The van der Waals surface area contributed by atoms with Crippen molar-refractivity contribution < 1.29 is 43.5 Å². The summed E-state index contributed by atoms with van der Waals surface area (Å²) in [5, 5.41) is 0. The zero-order valence-corrected chi connectivity index (χ0v) is 8.27. The Bertz CT molecular complexity index is 86.5. The van der Waals surface area contributed by atoms with E-state index in [2.05, 4.69) is 4.52 Å². The molecule has 0 saturated heterocycles. The summed E-state index contributed by atoms with van der Waals surface area (Å²) in [6.45, 7) is 1.54. The second-order valence-corrected chi connectivity index (χ2v) is 3.33. The molecular weight excluding hydrogens is 138 g/mol. The van der Waals surface area contributed by atoms with Gasteiger partial charge in [-0.3, -0.25) is 0 Å². The molecule has 0 radical (unpaired) electrons. The molecule has 0 aromatic carbocycles. The topological polar surface area (TPSA) is 49.4 Å². The van der Waals surface area contributed by atoms with Crippen molar-refractivity contribution in [2.24, 2.45) is 0 Å². The first kappa shape index (κ1) is 11.9. The second kappa shape index (κ2) is 4.98. The van der Waals surface area contributed by atoms with Gasteiger partial charge in [0, 0.05) is 13.3 Å². The third kappa shape index (κ3) is 5.29. The van der Waals surface area contributed by atoms with Gasteiger partial charge in [-0.15, -0.1) is 0 Å². The van der Waals surface area contributed by atoms with Crippen molar-refractivity contribution in [3.63, 3.8) is 0 Å². The second-order valence-electron chi connectivity index (χ2n) is 1.11. The van der Waals surface area contributed by atoms with Gasteiger partial charge in [-0.1, -0.05) is 6.92 Å². The van der Waals surface area contributed by atoms with Crippen molar-refractivity contribution in [1.82, 2.24) is 0 Å². The van der Waals surface area contributed by atoms with Gasteiger partial charge in [0.15, 0.2) is 0 Å². The quantitative estimate of drug-likeness (QED) is 0.312. The van der Waals surface area contributed by atoms with Crippen molar-refractivity contribution in [2.75, 3.05) is 13.3 Å². The Morgan fingerprint density at radius 3 is 2.12 bits per heavy atom. The molecule has 0 amide bonds. The minimum Gasteiger partial charge on any atom is -0.779 e. The molecule has 0 rings (SSSR count). The van der Waals surface area contributed by atoms with Crippen LogP contribution in [0.25, 0.3) is 0 Å². The van der Waals surface area contributed by atoms with E-state index in [1.807, 2.05) is 0 Å². The SMILES string of the molecule is CCP(=O)([O-])OC.[Na+]. The molecule has 0 bridgehead atoms. The Labute approximate surface area is 71.3 Å². The molecule has 44 valence electrons. The fraction of sp³-hybridized carbons (Fsp3) is 1.00. The summed E-state index contributed by atoms with van der Waals surface area (Å²) < 4.78 is 14.3. The molecule has 8 heavy (non-hydrogen) atoms. The summed E-state index contributed by atoms with van der Waals surface area (Å²) in [5.74, 6) is 0. The zero-order valence-electron chi connectivity index (χ0n) is 5.38. The normalized spacial score (nSPS) is 16.4. The van der Waals surface area contributed by atoms with Gasteiger partial charge in [0.2, 0.25) is 0 Å². The molecule has 1 unspecified atom stereocenters. The number of hydrogen-bond acceptors (Lipinski definition) is 3. The molecule has 0 spiro atoms. The van der Waals surface area contributed by atoms with Crippen LogP contribution in [0.15, 0.2) is 0 Å². The fourth-order valence-electron chi connectivity index (χ4n) is 0.129. The molecule has 5 heteroatoms. The Morgan fingerprint density at radius 2 is 2.12 bits per heavy atom. The minimum atomic E-state index is -3.40. The Morgan fingerprint density at radius 1 is 1.75 bits per heavy atom. The minimum absolute atomic E-state index is 0. The van der Waals surface area contributed by atoms with E-state index < -0.39 is 7.60 Å². The molecule has 3 nitrogen and oxygen atoms in total.